The van der Waals surface area contributed by atoms with Crippen LogP contribution in [-0.2, 0) is 12.8 Å². The highest BCUT2D eigenvalue weighted by Crippen LogP contribution is 2.26. The van der Waals surface area contributed by atoms with Gasteiger partial charge in [-0.3, -0.25) is 0 Å². The lowest BCUT2D eigenvalue weighted by Crippen LogP contribution is -2.39. The molecule has 0 saturated carbocycles. The smallest absolute Gasteiger partial charge is 0.133 e. The molecule has 0 unspecified atom stereocenters. The average molecular weight is 246 g/mol. The van der Waals surface area contributed by atoms with Gasteiger partial charge in [-0.15, -0.1) is 0 Å². The minimum Gasteiger partial charge on any atom is -0.367 e. The molecule has 0 bridgehead atoms. The van der Waals surface area contributed by atoms with Crippen LogP contribution in [-0.4, -0.2) is 40.5 Å². The van der Waals surface area contributed by atoms with Crippen LogP contribution in [0, 0.1) is 0 Å². The van der Waals surface area contributed by atoms with Crippen molar-refractivity contribution in [3.63, 3.8) is 0 Å². The molecule has 0 spiro atoms. The number of aryl methyl sites for hydroxylation is 1. The van der Waals surface area contributed by atoms with Crippen molar-refractivity contribution >= 4 is 5.82 Å². The van der Waals surface area contributed by atoms with E-state index < -0.39 is 0 Å². The third-order valence-corrected chi connectivity index (χ3v) is 4.25. The lowest BCUT2D eigenvalue weighted by atomic mass is 10.0. The number of rotatable bonds is 3. The number of piperidine rings is 1. The van der Waals surface area contributed by atoms with Gasteiger partial charge in [-0.2, -0.15) is 0 Å². The normalized spacial score (nSPS) is 20.9. The summed E-state index contributed by atoms with van der Waals surface area (Å²) in [6.07, 6.45) is 7.68. The van der Waals surface area contributed by atoms with Gasteiger partial charge in [-0.05, 0) is 38.6 Å². The summed E-state index contributed by atoms with van der Waals surface area (Å²) in [5, 5.41) is 3.65. The van der Waals surface area contributed by atoms with Gasteiger partial charge in [0.25, 0.3) is 0 Å². The summed E-state index contributed by atoms with van der Waals surface area (Å²) in [6.45, 7) is 5.84. The molecule has 1 N–H and O–H groups in total. The van der Waals surface area contributed by atoms with Gasteiger partial charge in [0, 0.05) is 30.4 Å². The Labute approximate surface area is 109 Å². The number of nitrogens with zero attached hydrogens (tertiary/aromatic N) is 3. The Balaban J connectivity index is 1.65. The van der Waals surface area contributed by atoms with Crippen molar-refractivity contribution in [1.29, 1.82) is 0 Å². The molecule has 1 aliphatic carbocycles. The summed E-state index contributed by atoms with van der Waals surface area (Å²) in [6, 6.07) is 0.590. The third-order valence-electron chi connectivity index (χ3n) is 4.25. The van der Waals surface area contributed by atoms with E-state index in [1.54, 1.807) is 6.33 Å². The topological polar surface area (TPSA) is 41.0 Å². The summed E-state index contributed by atoms with van der Waals surface area (Å²) in [5.41, 5.74) is 2.63. The molecule has 0 amide bonds. The molecule has 4 heteroatoms. The van der Waals surface area contributed by atoms with Crippen LogP contribution in [0.4, 0.5) is 5.82 Å². The van der Waals surface area contributed by atoms with E-state index >= 15 is 0 Å². The van der Waals surface area contributed by atoms with E-state index in [1.165, 1.54) is 50.2 Å². The lowest BCUT2D eigenvalue weighted by Gasteiger charge is -2.32. The monoisotopic (exact) mass is 246 g/mol. The van der Waals surface area contributed by atoms with Crippen LogP contribution >= 0.6 is 0 Å². The molecule has 0 aromatic carbocycles. The number of fused-ring (bicyclic) bond motifs is 1. The summed E-state index contributed by atoms with van der Waals surface area (Å²) >= 11 is 0. The predicted octanol–water partition coefficient (Wildman–Crippen LogP) is 1.86. The van der Waals surface area contributed by atoms with Crippen molar-refractivity contribution in [2.45, 2.75) is 45.1 Å². The van der Waals surface area contributed by atoms with Crippen molar-refractivity contribution in [3.8, 4) is 0 Å². The van der Waals surface area contributed by atoms with Gasteiger partial charge in [0.15, 0.2) is 0 Å². The lowest BCUT2D eigenvalue weighted by molar-refractivity contribution is 0.229. The van der Waals surface area contributed by atoms with E-state index in [4.69, 9.17) is 0 Å². The highest BCUT2D eigenvalue weighted by molar-refractivity contribution is 5.48. The second-order valence-electron chi connectivity index (χ2n) is 5.35. The number of hydrogen-bond donors (Lipinski definition) is 1. The van der Waals surface area contributed by atoms with Gasteiger partial charge in [0.05, 0.1) is 0 Å². The SMILES string of the molecule is CCN1CCC(Nc2ncnc3c2CCC3)CC1. The average Bonchev–Trinajstić information content (AvgIpc) is 2.89. The zero-order chi connectivity index (χ0) is 12.4. The van der Waals surface area contributed by atoms with Crippen LogP contribution < -0.4 is 5.32 Å². The third kappa shape index (κ3) is 2.34. The van der Waals surface area contributed by atoms with E-state index in [1.807, 2.05) is 0 Å². The molecule has 0 radical (unpaired) electrons. The first-order chi connectivity index (χ1) is 8.86. The molecule has 2 aliphatic rings. The molecule has 1 saturated heterocycles. The molecule has 1 aromatic heterocycles. The highest BCUT2D eigenvalue weighted by Gasteiger charge is 2.22. The van der Waals surface area contributed by atoms with Crippen LogP contribution in [0.3, 0.4) is 0 Å². The molecule has 1 aromatic rings. The van der Waals surface area contributed by atoms with E-state index in [2.05, 4.69) is 27.1 Å². The first-order valence-corrected chi connectivity index (χ1v) is 7.18. The van der Waals surface area contributed by atoms with Gasteiger partial charge in [0.2, 0.25) is 0 Å². The fourth-order valence-corrected chi connectivity index (χ4v) is 3.07. The Hall–Kier alpha value is -1.16. The minimum atomic E-state index is 0.590. The van der Waals surface area contributed by atoms with Gasteiger partial charge >= 0.3 is 0 Å². The number of aromatic nitrogens is 2. The predicted molar refractivity (Wildman–Crippen MR) is 72.8 cm³/mol. The van der Waals surface area contributed by atoms with Gasteiger partial charge in [-0.1, -0.05) is 6.92 Å². The number of anilines is 1. The van der Waals surface area contributed by atoms with Gasteiger partial charge in [0.1, 0.15) is 12.1 Å². The first-order valence-electron chi connectivity index (χ1n) is 7.18. The van der Waals surface area contributed by atoms with Crippen LogP contribution in [0.2, 0.25) is 0 Å². The zero-order valence-corrected chi connectivity index (χ0v) is 11.2. The Bertz CT molecular complexity index is 410. The first kappa shape index (κ1) is 11.9. The van der Waals surface area contributed by atoms with Crippen LogP contribution in [0.1, 0.15) is 37.4 Å². The maximum Gasteiger partial charge on any atom is 0.133 e. The molecule has 4 nitrogen and oxygen atoms in total. The largest absolute Gasteiger partial charge is 0.367 e. The molecular weight excluding hydrogens is 224 g/mol. The Morgan fingerprint density at radius 2 is 2.11 bits per heavy atom. The Kier molecular flexibility index (Phi) is 3.46. The maximum atomic E-state index is 4.45. The highest BCUT2D eigenvalue weighted by atomic mass is 15.1. The molecule has 3 rings (SSSR count). The summed E-state index contributed by atoms with van der Waals surface area (Å²) in [4.78, 5) is 11.3. The molecule has 1 aliphatic heterocycles. The quantitative estimate of drug-likeness (QED) is 0.884. The molecule has 98 valence electrons. The van der Waals surface area contributed by atoms with Crippen molar-refractivity contribution in [2.24, 2.45) is 0 Å². The van der Waals surface area contributed by atoms with E-state index in [-0.39, 0.29) is 0 Å². The summed E-state index contributed by atoms with van der Waals surface area (Å²) in [7, 11) is 0. The fourth-order valence-electron chi connectivity index (χ4n) is 3.07. The standard InChI is InChI=1S/C14H22N4/c1-2-18-8-6-11(7-9-18)17-14-12-4-3-5-13(12)15-10-16-14/h10-11H,2-9H2,1H3,(H,15,16,17). The number of hydrogen-bond acceptors (Lipinski definition) is 4. The number of nitrogens with one attached hydrogen (secondary N) is 1. The van der Waals surface area contributed by atoms with Crippen molar-refractivity contribution in [1.82, 2.24) is 14.9 Å². The van der Waals surface area contributed by atoms with Gasteiger partial charge < -0.3 is 10.2 Å². The molecule has 1 fully saturated rings. The maximum absolute atomic E-state index is 4.45. The second kappa shape index (κ2) is 5.22. The molecule has 0 atom stereocenters. The Morgan fingerprint density at radius 1 is 1.28 bits per heavy atom. The summed E-state index contributed by atoms with van der Waals surface area (Å²) in [5.74, 6) is 1.10. The van der Waals surface area contributed by atoms with E-state index in [0.29, 0.717) is 6.04 Å². The molecular formula is C14H22N4. The van der Waals surface area contributed by atoms with Gasteiger partial charge in [-0.25, -0.2) is 9.97 Å². The summed E-state index contributed by atoms with van der Waals surface area (Å²) < 4.78 is 0. The van der Waals surface area contributed by atoms with Crippen molar-refractivity contribution in [2.75, 3.05) is 25.0 Å². The van der Waals surface area contributed by atoms with E-state index in [0.717, 1.165) is 18.7 Å². The van der Waals surface area contributed by atoms with Crippen LogP contribution in [0.25, 0.3) is 0 Å². The van der Waals surface area contributed by atoms with E-state index in [9.17, 15) is 0 Å². The minimum absolute atomic E-state index is 0.590. The number of likely N-dealkylation sites (tertiary alicyclic amines) is 1. The molecule has 2 heterocycles. The van der Waals surface area contributed by atoms with Crippen molar-refractivity contribution in [3.05, 3.63) is 17.6 Å². The molecule has 18 heavy (non-hydrogen) atoms. The second-order valence-corrected chi connectivity index (χ2v) is 5.35. The fraction of sp³-hybridized carbons (Fsp3) is 0.714. The Morgan fingerprint density at radius 3 is 2.89 bits per heavy atom. The zero-order valence-electron chi connectivity index (χ0n) is 11.2. The van der Waals surface area contributed by atoms with Crippen LogP contribution in [0.5, 0.6) is 0 Å². The van der Waals surface area contributed by atoms with Crippen molar-refractivity contribution < 1.29 is 0 Å². The van der Waals surface area contributed by atoms with Crippen LogP contribution in [0.15, 0.2) is 6.33 Å².